The summed E-state index contributed by atoms with van der Waals surface area (Å²) in [6, 6.07) is -0.980. The van der Waals surface area contributed by atoms with Gasteiger partial charge in [-0.15, -0.1) is 0 Å². The van der Waals surface area contributed by atoms with Crippen LogP contribution in [0.15, 0.2) is 16.8 Å². The maximum Gasteiger partial charge on any atom is 0.331 e. The number of carbonyl (C=O) groups excluding carboxylic acids is 1. The zero-order valence-electron chi connectivity index (χ0n) is 28.6. The second-order valence-electron chi connectivity index (χ2n) is 15.9. The first-order chi connectivity index (χ1) is 22.6. The second-order valence-corrected chi connectivity index (χ2v) is 15.9. The Hall–Kier alpha value is -1.84. The molecule has 0 bridgehead atoms. The standard InChI is InChI=1S/C34H53N3O11/c1-16-21(8-12-33(5)22(9-13-34(16,33)43)19-14-23(38)44-15-19)32(4)10-6-20(7-11-32)47-31-28(42)29(24(36-37-35)17(2)45-31)48-30-27(41)26(40)25(39)18(3)46-30/h14,16-18,20-22,24-31,39-43H,6-13,15H2,1-5H3/t16-,17?,18?,20?,21?,22-,24?,25?,26+,27+,28+,29+,30?,31?,32?,33?,34+/m1/s1. The normalized spacial score (nSPS) is 52.6. The fourth-order valence-electron chi connectivity index (χ4n) is 10.3. The van der Waals surface area contributed by atoms with Crippen molar-refractivity contribution < 1.29 is 54.0 Å². The summed E-state index contributed by atoms with van der Waals surface area (Å²) in [6.45, 7) is 10.2. The third-order valence-electron chi connectivity index (χ3n) is 13.4. The smallest absolute Gasteiger partial charge is 0.331 e. The molecule has 14 nitrogen and oxygen atoms in total. The van der Waals surface area contributed by atoms with Crippen LogP contribution in [0.2, 0.25) is 0 Å². The van der Waals surface area contributed by atoms with Gasteiger partial charge in [0.1, 0.15) is 37.1 Å². The summed E-state index contributed by atoms with van der Waals surface area (Å²) >= 11 is 0. The molecule has 48 heavy (non-hydrogen) atoms. The minimum absolute atomic E-state index is 0.0196. The second kappa shape index (κ2) is 13.4. The molecule has 0 aromatic heterocycles. The number of esters is 1. The van der Waals surface area contributed by atoms with E-state index in [2.05, 4.69) is 30.8 Å². The highest BCUT2D eigenvalue weighted by Gasteiger charge is 2.65. The topological polar surface area (TPSA) is 213 Å². The predicted octanol–water partition coefficient (Wildman–Crippen LogP) is 2.63. The first-order valence-electron chi connectivity index (χ1n) is 17.6. The number of rotatable bonds is 7. The maximum absolute atomic E-state index is 12.3. The van der Waals surface area contributed by atoms with Crippen LogP contribution in [0.5, 0.6) is 0 Å². The van der Waals surface area contributed by atoms with E-state index >= 15 is 0 Å². The van der Waals surface area contributed by atoms with Crippen LogP contribution in [0.3, 0.4) is 0 Å². The van der Waals surface area contributed by atoms with E-state index in [1.54, 1.807) is 13.0 Å². The van der Waals surface area contributed by atoms with Gasteiger partial charge in [0.25, 0.3) is 0 Å². The van der Waals surface area contributed by atoms with E-state index in [9.17, 15) is 35.9 Å². The lowest BCUT2D eigenvalue weighted by atomic mass is 9.49. The van der Waals surface area contributed by atoms with E-state index < -0.39 is 67.0 Å². The molecule has 3 saturated carbocycles. The van der Waals surface area contributed by atoms with Crippen molar-refractivity contribution in [2.75, 3.05) is 6.61 Å². The molecule has 8 unspecified atom stereocenters. The van der Waals surface area contributed by atoms with E-state index in [-0.39, 0.29) is 34.7 Å². The first kappa shape index (κ1) is 36.0. The molecule has 0 aromatic rings. The SMILES string of the molecule is CC1OC(O[C@H]2C(N=[N+]=[N-])C(C)OC(OC3CCC(C)(C4CCC5(C)[C@@H](C6=CC(=O)OC6)CC[C@]5(O)[C@@H]4C)CC3)[C@H]2O)[C@@H](O)[C@@H](O)C1O. The molecule has 5 N–H and O–H groups in total. The Bertz CT molecular complexity index is 1290. The van der Waals surface area contributed by atoms with Crippen LogP contribution in [0.1, 0.15) is 86.0 Å². The van der Waals surface area contributed by atoms with Crippen molar-refractivity contribution in [2.24, 2.45) is 33.7 Å². The summed E-state index contributed by atoms with van der Waals surface area (Å²) in [7, 11) is 0. The number of azide groups is 1. The molecule has 6 rings (SSSR count). The molecule has 2 saturated heterocycles. The molecule has 0 amide bonds. The molecular weight excluding hydrogens is 626 g/mol. The van der Waals surface area contributed by atoms with Crippen LogP contribution < -0.4 is 0 Å². The van der Waals surface area contributed by atoms with Gasteiger partial charge < -0.3 is 49.2 Å². The van der Waals surface area contributed by atoms with Gasteiger partial charge in [-0.2, -0.15) is 0 Å². The number of nitrogens with zero attached hydrogens (tertiary/aromatic N) is 3. The maximum atomic E-state index is 12.3. The molecule has 15 atom stereocenters. The van der Waals surface area contributed by atoms with Gasteiger partial charge in [0.05, 0.1) is 30.0 Å². The summed E-state index contributed by atoms with van der Waals surface area (Å²) in [5.74, 6) is 0.228. The molecule has 3 heterocycles. The lowest BCUT2D eigenvalue weighted by Gasteiger charge is -2.58. The number of hydrogen-bond donors (Lipinski definition) is 5. The van der Waals surface area contributed by atoms with Gasteiger partial charge in [0.2, 0.25) is 0 Å². The zero-order chi connectivity index (χ0) is 34.8. The van der Waals surface area contributed by atoms with Crippen LogP contribution >= 0.6 is 0 Å². The first-order valence-corrected chi connectivity index (χ1v) is 17.6. The quantitative estimate of drug-likeness (QED) is 0.114. The largest absolute Gasteiger partial charge is 0.458 e. The summed E-state index contributed by atoms with van der Waals surface area (Å²) in [6.07, 6.45) is -3.09. The molecule has 3 aliphatic carbocycles. The third-order valence-corrected chi connectivity index (χ3v) is 13.4. The fourth-order valence-corrected chi connectivity index (χ4v) is 10.3. The van der Waals surface area contributed by atoms with Gasteiger partial charge in [-0.3, -0.25) is 0 Å². The molecule has 5 fully saturated rings. The molecule has 0 radical (unpaired) electrons. The Balaban J connectivity index is 1.10. The van der Waals surface area contributed by atoms with Crippen molar-refractivity contribution in [1.82, 2.24) is 0 Å². The van der Waals surface area contributed by atoms with E-state index in [0.29, 0.717) is 18.9 Å². The Labute approximate surface area is 281 Å². The molecule has 0 aromatic carbocycles. The number of hydrogen-bond acceptors (Lipinski definition) is 12. The zero-order valence-corrected chi connectivity index (χ0v) is 28.6. The monoisotopic (exact) mass is 679 g/mol. The number of fused-ring (bicyclic) bond motifs is 1. The van der Waals surface area contributed by atoms with Crippen LogP contribution in [-0.2, 0) is 28.5 Å². The van der Waals surface area contributed by atoms with Crippen LogP contribution in [0.25, 0.3) is 10.4 Å². The van der Waals surface area contributed by atoms with Gasteiger partial charge in [-0.1, -0.05) is 25.9 Å². The number of carbonyl (C=O) groups is 1. The van der Waals surface area contributed by atoms with Gasteiger partial charge in [-0.25, -0.2) is 4.79 Å². The minimum atomic E-state index is -1.60. The summed E-state index contributed by atoms with van der Waals surface area (Å²) in [4.78, 5) is 14.7. The van der Waals surface area contributed by atoms with E-state index in [4.69, 9.17) is 23.7 Å². The van der Waals surface area contributed by atoms with Crippen molar-refractivity contribution in [3.8, 4) is 0 Å². The van der Waals surface area contributed by atoms with E-state index in [0.717, 1.165) is 50.5 Å². The highest BCUT2D eigenvalue weighted by Crippen LogP contribution is 2.66. The van der Waals surface area contributed by atoms with Gasteiger partial charge in [0, 0.05) is 16.4 Å². The molecular formula is C34H53N3O11. The van der Waals surface area contributed by atoms with Crippen molar-refractivity contribution in [3.63, 3.8) is 0 Å². The molecule has 3 aliphatic heterocycles. The Morgan fingerprint density at radius 1 is 0.875 bits per heavy atom. The molecule has 6 aliphatic rings. The highest BCUT2D eigenvalue weighted by molar-refractivity contribution is 5.85. The van der Waals surface area contributed by atoms with E-state index in [1.165, 1.54) is 6.92 Å². The number of aliphatic hydroxyl groups is 5. The van der Waals surface area contributed by atoms with Gasteiger partial charge >= 0.3 is 5.97 Å². The average Bonchev–Trinajstić information content (AvgIpc) is 3.60. The van der Waals surface area contributed by atoms with Crippen molar-refractivity contribution in [1.29, 1.82) is 0 Å². The van der Waals surface area contributed by atoms with Crippen LogP contribution in [0.4, 0.5) is 0 Å². The average molecular weight is 680 g/mol. The summed E-state index contributed by atoms with van der Waals surface area (Å²) in [5.41, 5.74) is 9.06. The molecule has 14 heteroatoms. The van der Waals surface area contributed by atoms with Crippen molar-refractivity contribution in [2.45, 2.75) is 159 Å². The number of cyclic esters (lactones) is 1. The van der Waals surface area contributed by atoms with Crippen LogP contribution in [0, 0.1) is 28.6 Å². The summed E-state index contributed by atoms with van der Waals surface area (Å²) in [5, 5.41) is 58.4. The lowest BCUT2D eigenvalue weighted by Crippen LogP contribution is -2.63. The van der Waals surface area contributed by atoms with Crippen molar-refractivity contribution in [3.05, 3.63) is 22.1 Å². The van der Waals surface area contributed by atoms with E-state index in [1.807, 2.05) is 0 Å². The summed E-state index contributed by atoms with van der Waals surface area (Å²) < 4.78 is 29.2. The number of ether oxygens (including phenoxy) is 5. The van der Waals surface area contributed by atoms with Gasteiger partial charge in [-0.05, 0) is 99.5 Å². The number of aliphatic hydroxyl groups excluding tert-OH is 4. The van der Waals surface area contributed by atoms with Crippen LogP contribution in [-0.4, -0.2) is 111 Å². The van der Waals surface area contributed by atoms with Crippen molar-refractivity contribution >= 4 is 5.97 Å². The Morgan fingerprint density at radius 3 is 2.19 bits per heavy atom. The third kappa shape index (κ3) is 5.99. The fraction of sp³-hybridized carbons (Fsp3) is 0.912. The lowest BCUT2D eigenvalue weighted by molar-refractivity contribution is -0.344. The molecule has 270 valence electrons. The Kier molecular flexibility index (Phi) is 10.0. The Morgan fingerprint density at radius 2 is 1.54 bits per heavy atom. The molecule has 0 spiro atoms. The minimum Gasteiger partial charge on any atom is -0.458 e. The highest BCUT2D eigenvalue weighted by atomic mass is 16.7. The predicted molar refractivity (Wildman–Crippen MR) is 169 cm³/mol. The van der Waals surface area contributed by atoms with Gasteiger partial charge in [0.15, 0.2) is 12.6 Å².